The van der Waals surface area contributed by atoms with Gasteiger partial charge >= 0.3 is 0 Å². The molecule has 237 valence electrons. The number of aryl methyl sites for hydroxylation is 1. The van der Waals surface area contributed by atoms with Crippen LogP contribution in [0.5, 0.6) is 0 Å². The number of aromatic nitrogens is 2. The summed E-state index contributed by atoms with van der Waals surface area (Å²) in [6, 6.07) is 30.7. The molecule has 3 heteroatoms. The van der Waals surface area contributed by atoms with E-state index in [0.29, 0.717) is 0 Å². The van der Waals surface area contributed by atoms with Gasteiger partial charge in [-0.1, -0.05) is 51.5 Å². The van der Waals surface area contributed by atoms with E-state index in [9.17, 15) is 0 Å². The number of benzene rings is 3. The number of nitrogens with zero attached hydrogens (tertiary/aromatic N) is 2. The summed E-state index contributed by atoms with van der Waals surface area (Å²) in [6.45, 7) is 11.6. The van der Waals surface area contributed by atoms with Crippen LogP contribution in [0, 0.1) is 30.9 Å². The van der Waals surface area contributed by atoms with Gasteiger partial charge in [0.05, 0.1) is 0 Å². The average Bonchev–Trinajstić information content (AvgIpc) is 3.09. The number of hydrogen-bond donors (Lipinski definition) is 0. The van der Waals surface area contributed by atoms with Crippen molar-refractivity contribution in [3.8, 4) is 22.5 Å². The van der Waals surface area contributed by atoms with Crippen LogP contribution >= 0.6 is 0 Å². The summed E-state index contributed by atoms with van der Waals surface area (Å²) in [7, 11) is 0. The van der Waals surface area contributed by atoms with E-state index in [1.165, 1.54) is 66.0 Å². The molecule has 5 aromatic rings. The molecular formula is C43H44IrN2-2. The molecule has 0 amide bonds. The van der Waals surface area contributed by atoms with E-state index in [1.807, 2.05) is 36.5 Å². The standard InChI is InChI=1S/C31H34N.C12H10N.Ir/c1-30(2)17-31(3,4)28-14-20(5-6-27(28)30)29-15-21-12-25-22-8-18-7-19(9-22)11-23(10-18)26(25)13-24(21)16-32-29;1-10-6-5-9-13-12(10)11-7-3-2-4-8-11;/h6,12-16,18-19,22-23H,7-11,17H2,1-4H3;2-7,9H,1H3;/q2*-1;. The largest absolute Gasteiger partial charge is 0.304 e. The first-order chi connectivity index (χ1) is 21.6. The average molecular weight is 781 g/mol. The van der Waals surface area contributed by atoms with Gasteiger partial charge in [-0.3, -0.25) is 0 Å². The van der Waals surface area contributed by atoms with Crippen LogP contribution in [0.25, 0.3) is 33.3 Å². The van der Waals surface area contributed by atoms with Crippen LogP contribution < -0.4 is 0 Å². The molecule has 0 aliphatic heterocycles. The molecule has 0 saturated heterocycles. The summed E-state index contributed by atoms with van der Waals surface area (Å²) in [5.41, 5.74) is 12.2. The van der Waals surface area contributed by atoms with Crippen molar-refractivity contribution in [2.45, 2.75) is 95.8 Å². The Morgan fingerprint density at radius 1 is 0.696 bits per heavy atom. The molecule has 1 radical (unpaired) electrons. The minimum absolute atomic E-state index is 0. The number of hydrogen-bond acceptors (Lipinski definition) is 2. The molecule has 2 atom stereocenters. The number of fused-ring (bicyclic) bond motifs is 2. The summed E-state index contributed by atoms with van der Waals surface area (Å²) < 4.78 is 0. The van der Waals surface area contributed by atoms with Crippen molar-refractivity contribution in [3.05, 3.63) is 119 Å². The molecule has 3 aromatic carbocycles. The van der Waals surface area contributed by atoms with Gasteiger partial charge in [0, 0.05) is 32.5 Å². The van der Waals surface area contributed by atoms with Gasteiger partial charge < -0.3 is 9.97 Å². The SMILES string of the molecule is CC1(C)CC(C)(C)c2cc(-c3cc4cc5c(cc4cn3)C3CC4CC(C3)CC5C4)[c-]cc21.Cc1cccnc1-c1[c-]cccc1.[Ir]. The van der Waals surface area contributed by atoms with Gasteiger partial charge in [0.25, 0.3) is 0 Å². The maximum Gasteiger partial charge on any atom is 0.0239 e. The Morgan fingerprint density at radius 3 is 2.07 bits per heavy atom. The van der Waals surface area contributed by atoms with E-state index < -0.39 is 0 Å². The number of rotatable bonds is 2. The third kappa shape index (κ3) is 5.58. The van der Waals surface area contributed by atoms with Crippen LogP contribution in [-0.4, -0.2) is 9.97 Å². The summed E-state index contributed by atoms with van der Waals surface area (Å²) in [6.07, 6.45) is 12.3. The molecule has 5 aliphatic carbocycles. The summed E-state index contributed by atoms with van der Waals surface area (Å²) in [5.74, 6) is 3.52. The van der Waals surface area contributed by atoms with Crippen LogP contribution in [0.3, 0.4) is 0 Å². The Balaban J connectivity index is 0.000000204. The third-order valence-corrected chi connectivity index (χ3v) is 11.5. The van der Waals surface area contributed by atoms with Gasteiger partial charge in [-0.15, -0.1) is 70.8 Å². The summed E-state index contributed by atoms with van der Waals surface area (Å²) >= 11 is 0. The van der Waals surface area contributed by atoms with E-state index >= 15 is 0 Å². The van der Waals surface area contributed by atoms with Crippen LogP contribution in [-0.2, 0) is 30.9 Å². The normalized spacial score (nSPS) is 24.3. The van der Waals surface area contributed by atoms with Gasteiger partial charge in [-0.2, -0.15) is 0 Å². The molecule has 2 aromatic heterocycles. The Kier molecular flexibility index (Phi) is 8.10. The predicted octanol–water partition coefficient (Wildman–Crippen LogP) is 10.9. The van der Waals surface area contributed by atoms with Crippen LogP contribution in [0.2, 0.25) is 0 Å². The molecule has 2 heterocycles. The van der Waals surface area contributed by atoms with Crippen molar-refractivity contribution < 1.29 is 20.1 Å². The molecule has 2 nitrogen and oxygen atoms in total. The molecule has 2 fully saturated rings. The first-order valence-corrected chi connectivity index (χ1v) is 17.0. The molecular weight excluding hydrogens is 737 g/mol. The van der Waals surface area contributed by atoms with E-state index in [4.69, 9.17) is 4.98 Å². The fraction of sp³-hybridized carbons (Fsp3) is 0.395. The van der Waals surface area contributed by atoms with Crippen molar-refractivity contribution >= 4 is 10.8 Å². The zero-order chi connectivity index (χ0) is 30.9. The molecule has 2 unspecified atom stereocenters. The summed E-state index contributed by atoms with van der Waals surface area (Å²) in [5, 5.41) is 2.68. The van der Waals surface area contributed by atoms with E-state index in [2.05, 4.69) is 94.3 Å². The van der Waals surface area contributed by atoms with Gasteiger partial charge in [0.1, 0.15) is 0 Å². The molecule has 5 aliphatic rings. The fourth-order valence-electron chi connectivity index (χ4n) is 9.80. The second-order valence-corrected chi connectivity index (χ2v) is 15.8. The Hall–Kier alpha value is -3.13. The quantitative estimate of drug-likeness (QED) is 0.167. The maximum atomic E-state index is 4.94. The smallest absolute Gasteiger partial charge is 0.0239 e. The minimum atomic E-state index is 0. The van der Waals surface area contributed by atoms with Crippen LogP contribution in [0.15, 0.2) is 79.1 Å². The van der Waals surface area contributed by atoms with Crippen molar-refractivity contribution in [1.29, 1.82) is 0 Å². The Morgan fingerprint density at radius 2 is 1.39 bits per heavy atom. The van der Waals surface area contributed by atoms with Gasteiger partial charge in [0.2, 0.25) is 0 Å². The Labute approximate surface area is 288 Å². The van der Waals surface area contributed by atoms with Gasteiger partial charge in [0.15, 0.2) is 0 Å². The zero-order valence-electron chi connectivity index (χ0n) is 27.8. The second-order valence-electron chi connectivity index (χ2n) is 15.8. The summed E-state index contributed by atoms with van der Waals surface area (Å²) in [4.78, 5) is 9.25. The molecule has 4 bridgehead atoms. The van der Waals surface area contributed by atoms with E-state index in [1.54, 1.807) is 11.1 Å². The monoisotopic (exact) mass is 781 g/mol. The van der Waals surface area contributed by atoms with Gasteiger partial charge in [-0.25, -0.2) is 0 Å². The van der Waals surface area contributed by atoms with Crippen LogP contribution in [0.4, 0.5) is 0 Å². The maximum absolute atomic E-state index is 4.94. The van der Waals surface area contributed by atoms with E-state index in [-0.39, 0.29) is 30.9 Å². The minimum Gasteiger partial charge on any atom is -0.304 e. The molecule has 2 saturated carbocycles. The molecule has 10 rings (SSSR count). The first kappa shape index (κ1) is 31.5. The number of pyridine rings is 2. The van der Waals surface area contributed by atoms with Crippen molar-refractivity contribution in [1.82, 2.24) is 9.97 Å². The topological polar surface area (TPSA) is 25.8 Å². The second kappa shape index (κ2) is 11.8. The molecule has 46 heavy (non-hydrogen) atoms. The fourth-order valence-corrected chi connectivity index (χ4v) is 9.80. The van der Waals surface area contributed by atoms with Crippen molar-refractivity contribution in [3.63, 3.8) is 0 Å². The third-order valence-electron chi connectivity index (χ3n) is 11.5. The van der Waals surface area contributed by atoms with Crippen LogP contribution in [0.1, 0.15) is 106 Å². The van der Waals surface area contributed by atoms with Gasteiger partial charge in [-0.05, 0) is 125 Å². The van der Waals surface area contributed by atoms with Crippen molar-refractivity contribution in [2.24, 2.45) is 11.8 Å². The molecule has 0 N–H and O–H groups in total. The van der Waals surface area contributed by atoms with E-state index in [0.717, 1.165) is 46.2 Å². The predicted molar refractivity (Wildman–Crippen MR) is 185 cm³/mol. The van der Waals surface area contributed by atoms with Crippen molar-refractivity contribution in [2.75, 3.05) is 0 Å². The zero-order valence-corrected chi connectivity index (χ0v) is 30.2. The first-order valence-electron chi connectivity index (χ1n) is 17.0. The Bertz CT molecular complexity index is 1890. The molecule has 0 spiro atoms.